The summed E-state index contributed by atoms with van der Waals surface area (Å²) in [6.45, 7) is 0.466. The fourth-order valence-electron chi connectivity index (χ4n) is 1.15. The van der Waals surface area contributed by atoms with Crippen LogP contribution in [-0.2, 0) is 10.0 Å². The average molecular weight is 260 g/mol. The van der Waals surface area contributed by atoms with Crippen LogP contribution in [0, 0.1) is 0 Å². The van der Waals surface area contributed by atoms with E-state index in [-0.39, 0.29) is 4.90 Å². The Morgan fingerprint density at radius 3 is 2.50 bits per heavy atom. The van der Waals surface area contributed by atoms with Crippen molar-refractivity contribution >= 4 is 27.5 Å². The van der Waals surface area contributed by atoms with Crippen molar-refractivity contribution < 1.29 is 8.42 Å². The van der Waals surface area contributed by atoms with Crippen molar-refractivity contribution in [2.45, 2.75) is 11.3 Å². The smallest absolute Gasteiger partial charge is 0.240 e. The second kappa shape index (κ2) is 6.12. The van der Waals surface area contributed by atoms with Crippen LogP contribution in [0.1, 0.15) is 6.42 Å². The molecular formula is C10H16N2O2S2. The van der Waals surface area contributed by atoms with Gasteiger partial charge in [-0.25, -0.2) is 13.1 Å². The molecule has 16 heavy (non-hydrogen) atoms. The van der Waals surface area contributed by atoms with Crippen LogP contribution >= 0.6 is 11.8 Å². The number of rotatable bonds is 6. The van der Waals surface area contributed by atoms with Gasteiger partial charge >= 0.3 is 0 Å². The molecule has 0 aliphatic carbocycles. The first-order chi connectivity index (χ1) is 7.56. The molecule has 0 heterocycles. The molecule has 0 amide bonds. The maximum atomic E-state index is 11.7. The lowest BCUT2D eigenvalue weighted by atomic mass is 10.3. The van der Waals surface area contributed by atoms with Gasteiger partial charge in [0.15, 0.2) is 0 Å². The number of hydrogen-bond acceptors (Lipinski definition) is 4. The molecule has 0 saturated heterocycles. The topological polar surface area (TPSA) is 72.2 Å². The normalized spacial score (nSPS) is 11.6. The van der Waals surface area contributed by atoms with E-state index in [1.54, 1.807) is 23.9 Å². The van der Waals surface area contributed by atoms with Crippen molar-refractivity contribution in [3.05, 3.63) is 24.3 Å². The van der Waals surface area contributed by atoms with Crippen LogP contribution in [0.4, 0.5) is 5.69 Å². The Labute approximate surface area is 101 Å². The molecule has 1 rings (SSSR count). The monoisotopic (exact) mass is 260 g/mol. The zero-order chi connectivity index (χ0) is 12.0. The minimum Gasteiger partial charge on any atom is -0.399 e. The number of nitrogen functional groups attached to an aromatic ring is 1. The van der Waals surface area contributed by atoms with E-state index in [4.69, 9.17) is 5.73 Å². The van der Waals surface area contributed by atoms with Gasteiger partial charge in [0.2, 0.25) is 10.0 Å². The molecule has 0 fully saturated rings. The molecule has 0 aliphatic heterocycles. The minimum absolute atomic E-state index is 0.255. The quantitative estimate of drug-likeness (QED) is 0.597. The Hall–Kier alpha value is -0.720. The van der Waals surface area contributed by atoms with E-state index in [1.807, 2.05) is 6.26 Å². The lowest BCUT2D eigenvalue weighted by Crippen LogP contribution is -2.25. The van der Waals surface area contributed by atoms with Gasteiger partial charge < -0.3 is 5.73 Å². The number of hydrogen-bond donors (Lipinski definition) is 2. The summed E-state index contributed by atoms with van der Waals surface area (Å²) in [7, 11) is -3.37. The van der Waals surface area contributed by atoms with Gasteiger partial charge in [0.25, 0.3) is 0 Å². The molecule has 4 nitrogen and oxygen atoms in total. The highest BCUT2D eigenvalue weighted by Crippen LogP contribution is 2.11. The van der Waals surface area contributed by atoms with Crippen LogP contribution in [0.3, 0.4) is 0 Å². The number of thioether (sulfide) groups is 1. The highest BCUT2D eigenvalue weighted by Gasteiger charge is 2.12. The van der Waals surface area contributed by atoms with Crippen molar-refractivity contribution in [3.63, 3.8) is 0 Å². The summed E-state index contributed by atoms with van der Waals surface area (Å²) in [6.07, 6.45) is 2.82. The summed E-state index contributed by atoms with van der Waals surface area (Å²) in [5.74, 6) is 0.949. The Morgan fingerprint density at radius 1 is 1.31 bits per heavy atom. The van der Waals surface area contributed by atoms with Crippen molar-refractivity contribution in [2.24, 2.45) is 0 Å². The first-order valence-corrected chi connectivity index (χ1v) is 7.78. The van der Waals surface area contributed by atoms with E-state index in [0.29, 0.717) is 12.2 Å². The molecule has 90 valence electrons. The molecular weight excluding hydrogens is 244 g/mol. The second-order valence-electron chi connectivity index (χ2n) is 3.31. The lowest BCUT2D eigenvalue weighted by molar-refractivity contribution is 0.581. The van der Waals surface area contributed by atoms with E-state index in [9.17, 15) is 8.42 Å². The molecule has 0 spiro atoms. The average Bonchev–Trinajstić information content (AvgIpc) is 2.25. The highest BCUT2D eigenvalue weighted by atomic mass is 32.2. The molecule has 0 atom stereocenters. The molecule has 0 bridgehead atoms. The number of anilines is 1. The summed E-state index contributed by atoms with van der Waals surface area (Å²) in [5.41, 5.74) is 6.05. The van der Waals surface area contributed by atoms with Crippen LogP contribution in [0.25, 0.3) is 0 Å². The zero-order valence-corrected chi connectivity index (χ0v) is 10.8. The first kappa shape index (κ1) is 13.3. The predicted molar refractivity (Wildman–Crippen MR) is 69.0 cm³/mol. The molecule has 6 heteroatoms. The van der Waals surface area contributed by atoms with E-state index in [2.05, 4.69) is 4.72 Å². The van der Waals surface area contributed by atoms with Crippen LogP contribution in [0.2, 0.25) is 0 Å². The zero-order valence-electron chi connectivity index (χ0n) is 9.14. The summed E-state index contributed by atoms with van der Waals surface area (Å²) in [5, 5.41) is 0. The Balaban J connectivity index is 2.60. The van der Waals surface area contributed by atoms with Crippen molar-refractivity contribution in [1.82, 2.24) is 4.72 Å². The Bertz CT molecular complexity index is 415. The minimum atomic E-state index is -3.37. The maximum Gasteiger partial charge on any atom is 0.240 e. The van der Waals surface area contributed by atoms with Crippen LogP contribution < -0.4 is 10.5 Å². The van der Waals surface area contributed by atoms with Crippen LogP contribution in [-0.4, -0.2) is 27.0 Å². The van der Waals surface area contributed by atoms with Crippen molar-refractivity contribution in [2.75, 3.05) is 24.3 Å². The standard InChI is InChI=1S/C10H16N2O2S2/c1-15-8-2-7-12-16(13,14)10-5-3-9(11)4-6-10/h3-6,12H,2,7-8,11H2,1H3. The van der Waals surface area contributed by atoms with E-state index < -0.39 is 10.0 Å². The number of nitrogens with two attached hydrogens (primary N) is 1. The van der Waals surface area contributed by atoms with E-state index in [1.165, 1.54) is 12.1 Å². The van der Waals surface area contributed by atoms with Gasteiger partial charge in [-0.1, -0.05) is 0 Å². The first-order valence-electron chi connectivity index (χ1n) is 4.90. The number of nitrogens with one attached hydrogen (secondary N) is 1. The fraction of sp³-hybridized carbons (Fsp3) is 0.400. The molecule has 1 aromatic carbocycles. The molecule has 1 aromatic rings. The number of sulfonamides is 1. The van der Waals surface area contributed by atoms with Gasteiger partial charge in [0, 0.05) is 12.2 Å². The van der Waals surface area contributed by atoms with Gasteiger partial charge in [-0.3, -0.25) is 0 Å². The Morgan fingerprint density at radius 2 is 1.94 bits per heavy atom. The predicted octanol–water partition coefficient (Wildman–Crippen LogP) is 1.30. The van der Waals surface area contributed by atoms with Crippen molar-refractivity contribution in [1.29, 1.82) is 0 Å². The summed E-state index contributed by atoms with van der Waals surface area (Å²) in [4.78, 5) is 0.255. The molecule has 0 radical (unpaired) electrons. The SMILES string of the molecule is CSCCCNS(=O)(=O)c1ccc(N)cc1. The van der Waals surface area contributed by atoms with Crippen LogP contribution in [0.5, 0.6) is 0 Å². The molecule has 3 N–H and O–H groups in total. The summed E-state index contributed by atoms with van der Waals surface area (Å²) < 4.78 is 26.0. The maximum absolute atomic E-state index is 11.7. The fourth-order valence-corrected chi connectivity index (χ4v) is 2.66. The lowest BCUT2D eigenvalue weighted by Gasteiger charge is -2.06. The van der Waals surface area contributed by atoms with Gasteiger partial charge in [-0.05, 0) is 42.7 Å². The number of benzene rings is 1. The van der Waals surface area contributed by atoms with Crippen LogP contribution in [0.15, 0.2) is 29.2 Å². The van der Waals surface area contributed by atoms with E-state index in [0.717, 1.165) is 12.2 Å². The molecule has 0 aliphatic rings. The summed E-state index contributed by atoms with van der Waals surface area (Å²) in [6, 6.07) is 6.17. The third kappa shape index (κ3) is 4.03. The third-order valence-corrected chi connectivity index (χ3v) is 4.18. The van der Waals surface area contributed by atoms with Gasteiger partial charge in [0.1, 0.15) is 0 Å². The van der Waals surface area contributed by atoms with Gasteiger partial charge in [-0.15, -0.1) is 0 Å². The van der Waals surface area contributed by atoms with E-state index >= 15 is 0 Å². The van der Waals surface area contributed by atoms with Gasteiger partial charge in [-0.2, -0.15) is 11.8 Å². The van der Waals surface area contributed by atoms with Gasteiger partial charge in [0.05, 0.1) is 4.90 Å². The van der Waals surface area contributed by atoms with Crippen molar-refractivity contribution in [3.8, 4) is 0 Å². The molecule has 0 unspecified atom stereocenters. The largest absolute Gasteiger partial charge is 0.399 e. The molecule has 0 saturated carbocycles. The molecule has 0 aromatic heterocycles. The highest BCUT2D eigenvalue weighted by molar-refractivity contribution is 7.98. The summed E-state index contributed by atoms with van der Waals surface area (Å²) >= 11 is 1.70. The second-order valence-corrected chi connectivity index (χ2v) is 6.07. The Kier molecular flexibility index (Phi) is 5.11. The third-order valence-electron chi connectivity index (χ3n) is 2.01.